The molecule has 1 N–H and O–H groups in total. The Morgan fingerprint density at radius 3 is 2.71 bits per heavy atom. The molecule has 1 aromatic heterocycles. The summed E-state index contributed by atoms with van der Waals surface area (Å²) in [5.41, 5.74) is -0.539. The summed E-state index contributed by atoms with van der Waals surface area (Å²) in [5, 5.41) is -0.0347. The van der Waals surface area contributed by atoms with Crippen molar-refractivity contribution in [2.45, 2.75) is 6.43 Å². The van der Waals surface area contributed by atoms with Crippen LogP contribution in [0.4, 0.5) is 13.2 Å². The van der Waals surface area contributed by atoms with Gasteiger partial charge in [-0.3, -0.25) is 0 Å². The monoisotopic (exact) mass is 220 g/mol. The number of halogens is 4. The van der Waals surface area contributed by atoms with Crippen molar-refractivity contribution in [3.63, 3.8) is 0 Å². The highest BCUT2D eigenvalue weighted by Crippen LogP contribution is 2.29. The highest BCUT2D eigenvalue weighted by atomic mass is 35.5. The second-order valence-electron chi connectivity index (χ2n) is 2.69. The van der Waals surface area contributed by atoms with E-state index in [0.29, 0.717) is 5.52 Å². The zero-order valence-electron chi connectivity index (χ0n) is 6.69. The third kappa shape index (κ3) is 1.33. The minimum absolute atomic E-state index is 0.0347. The molecule has 0 spiro atoms. The molecule has 0 aliphatic rings. The molecule has 0 unspecified atom stereocenters. The average Bonchev–Trinajstić information content (AvgIpc) is 2.43. The lowest BCUT2D eigenvalue weighted by Gasteiger charge is -2.01. The van der Waals surface area contributed by atoms with Crippen LogP contribution in [0.15, 0.2) is 12.1 Å². The van der Waals surface area contributed by atoms with Crippen LogP contribution in [0, 0.1) is 5.82 Å². The summed E-state index contributed by atoms with van der Waals surface area (Å²) >= 11 is 5.48. The second kappa shape index (κ2) is 3.16. The first-order valence-corrected chi connectivity index (χ1v) is 4.09. The molecule has 2 aromatic rings. The van der Waals surface area contributed by atoms with Crippen LogP contribution < -0.4 is 0 Å². The van der Waals surface area contributed by atoms with Gasteiger partial charge in [0.25, 0.3) is 6.43 Å². The molecular formula is C8H4ClF3N2. The van der Waals surface area contributed by atoms with Crippen LogP contribution in [0.25, 0.3) is 11.0 Å². The number of nitrogens with zero attached hydrogens (tertiary/aromatic N) is 1. The first-order chi connectivity index (χ1) is 6.59. The Hall–Kier alpha value is -1.23. The van der Waals surface area contributed by atoms with E-state index in [0.717, 1.165) is 6.07 Å². The molecule has 0 fully saturated rings. The third-order valence-corrected chi connectivity index (χ3v) is 2.01. The molecule has 14 heavy (non-hydrogen) atoms. The SMILES string of the molecule is Fc1ccc2[nH]c(Cl)nc2c1C(F)F. The molecular weight excluding hydrogens is 217 g/mol. The summed E-state index contributed by atoms with van der Waals surface area (Å²) in [6, 6.07) is 2.27. The number of alkyl halides is 2. The Kier molecular flexibility index (Phi) is 2.11. The summed E-state index contributed by atoms with van der Waals surface area (Å²) in [6.45, 7) is 0. The second-order valence-corrected chi connectivity index (χ2v) is 3.04. The topological polar surface area (TPSA) is 28.7 Å². The summed E-state index contributed by atoms with van der Waals surface area (Å²) in [4.78, 5) is 6.12. The number of hydrogen-bond acceptors (Lipinski definition) is 1. The largest absolute Gasteiger partial charge is 0.329 e. The third-order valence-electron chi connectivity index (χ3n) is 1.83. The van der Waals surface area contributed by atoms with Gasteiger partial charge in [-0.05, 0) is 23.7 Å². The lowest BCUT2D eigenvalue weighted by molar-refractivity contribution is 0.148. The van der Waals surface area contributed by atoms with E-state index in [1.54, 1.807) is 0 Å². The van der Waals surface area contributed by atoms with E-state index in [-0.39, 0.29) is 10.8 Å². The van der Waals surface area contributed by atoms with Crippen molar-refractivity contribution in [1.82, 2.24) is 9.97 Å². The Labute approximate surface area is 81.7 Å². The zero-order valence-corrected chi connectivity index (χ0v) is 7.45. The average molecular weight is 221 g/mol. The van der Waals surface area contributed by atoms with Crippen molar-refractivity contribution in [3.8, 4) is 0 Å². The van der Waals surface area contributed by atoms with Gasteiger partial charge in [0, 0.05) is 0 Å². The van der Waals surface area contributed by atoms with E-state index in [9.17, 15) is 13.2 Å². The number of aromatic nitrogens is 2. The van der Waals surface area contributed by atoms with Gasteiger partial charge in [-0.15, -0.1) is 0 Å². The Morgan fingerprint density at radius 1 is 1.36 bits per heavy atom. The summed E-state index contributed by atoms with van der Waals surface area (Å²) in [7, 11) is 0. The van der Waals surface area contributed by atoms with E-state index < -0.39 is 17.8 Å². The number of imidazole rings is 1. The van der Waals surface area contributed by atoms with E-state index in [1.165, 1.54) is 6.07 Å². The minimum atomic E-state index is -2.90. The van der Waals surface area contributed by atoms with E-state index in [4.69, 9.17) is 11.6 Å². The van der Waals surface area contributed by atoms with Gasteiger partial charge in [0.1, 0.15) is 11.3 Å². The van der Waals surface area contributed by atoms with E-state index in [1.807, 2.05) is 0 Å². The number of benzene rings is 1. The number of fused-ring (bicyclic) bond motifs is 1. The number of nitrogens with one attached hydrogen (secondary N) is 1. The smallest absolute Gasteiger partial charge is 0.268 e. The highest BCUT2D eigenvalue weighted by Gasteiger charge is 2.19. The van der Waals surface area contributed by atoms with Crippen molar-refractivity contribution in [1.29, 1.82) is 0 Å². The number of H-pyrrole nitrogens is 1. The van der Waals surface area contributed by atoms with Gasteiger partial charge in [-0.25, -0.2) is 18.2 Å². The van der Waals surface area contributed by atoms with Gasteiger partial charge < -0.3 is 4.98 Å². The molecule has 0 saturated carbocycles. The van der Waals surface area contributed by atoms with Crippen LogP contribution in [0.2, 0.25) is 5.28 Å². The minimum Gasteiger partial charge on any atom is -0.329 e. The van der Waals surface area contributed by atoms with Gasteiger partial charge in [0.15, 0.2) is 0 Å². The van der Waals surface area contributed by atoms with Gasteiger partial charge in [-0.1, -0.05) is 0 Å². The van der Waals surface area contributed by atoms with Crippen LogP contribution in [0.1, 0.15) is 12.0 Å². The van der Waals surface area contributed by atoms with Crippen LogP contribution in [-0.2, 0) is 0 Å². The number of hydrogen-bond donors (Lipinski definition) is 1. The number of rotatable bonds is 1. The standard InChI is InChI=1S/C8H4ClF3N2/c9-8-13-4-2-1-3(10)5(7(11)12)6(4)14-8/h1-2,7H,(H,13,14). The zero-order chi connectivity index (χ0) is 10.3. The molecule has 0 atom stereocenters. The lowest BCUT2D eigenvalue weighted by Crippen LogP contribution is -1.92. The van der Waals surface area contributed by atoms with Crippen molar-refractivity contribution < 1.29 is 13.2 Å². The van der Waals surface area contributed by atoms with Gasteiger partial charge >= 0.3 is 0 Å². The van der Waals surface area contributed by atoms with Crippen LogP contribution >= 0.6 is 11.6 Å². The van der Waals surface area contributed by atoms with Crippen LogP contribution in [0.3, 0.4) is 0 Å². The molecule has 2 rings (SSSR count). The van der Waals surface area contributed by atoms with Gasteiger partial charge in [0.05, 0.1) is 11.1 Å². The van der Waals surface area contributed by atoms with Crippen molar-refractivity contribution in [2.75, 3.05) is 0 Å². The molecule has 0 radical (unpaired) electrons. The molecule has 74 valence electrons. The highest BCUT2D eigenvalue weighted by molar-refractivity contribution is 6.29. The molecule has 1 aromatic carbocycles. The van der Waals surface area contributed by atoms with Gasteiger partial charge in [0.2, 0.25) is 5.28 Å². The lowest BCUT2D eigenvalue weighted by atomic mass is 10.2. The van der Waals surface area contributed by atoms with E-state index in [2.05, 4.69) is 9.97 Å². The fourth-order valence-corrected chi connectivity index (χ4v) is 1.44. The first kappa shape index (κ1) is 9.33. The maximum atomic E-state index is 13.0. The molecule has 0 aliphatic carbocycles. The molecule has 2 nitrogen and oxygen atoms in total. The molecule has 0 bridgehead atoms. The Balaban J connectivity index is 2.82. The molecule has 0 aliphatic heterocycles. The predicted octanol–water partition coefficient (Wildman–Crippen LogP) is 3.29. The Morgan fingerprint density at radius 2 is 2.07 bits per heavy atom. The van der Waals surface area contributed by atoms with Crippen molar-refractivity contribution in [2.24, 2.45) is 0 Å². The maximum Gasteiger partial charge on any atom is 0.268 e. The normalized spacial score (nSPS) is 11.5. The Bertz CT molecular complexity index is 481. The molecule has 0 saturated heterocycles. The van der Waals surface area contributed by atoms with Crippen molar-refractivity contribution >= 4 is 22.6 Å². The molecule has 6 heteroatoms. The quantitative estimate of drug-likeness (QED) is 0.785. The van der Waals surface area contributed by atoms with Crippen molar-refractivity contribution in [3.05, 3.63) is 28.8 Å². The first-order valence-electron chi connectivity index (χ1n) is 3.71. The predicted molar refractivity (Wildman–Crippen MR) is 46.0 cm³/mol. The fourth-order valence-electron chi connectivity index (χ4n) is 1.25. The maximum absolute atomic E-state index is 13.0. The summed E-state index contributed by atoms with van der Waals surface area (Å²) in [6.07, 6.45) is -2.90. The summed E-state index contributed by atoms with van der Waals surface area (Å²) < 4.78 is 37.9. The van der Waals surface area contributed by atoms with Crippen LogP contribution in [0.5, 0.6) is 0 Å². The summed E-state index contributed by atoms with van der Waals surface area (Å²) in [5.74, 6) is -0.976. The van der Waals surface area contributed by atoms with Crippen LogP contribution in [-0.4, -0.2) is 9.97 Å². The molecule has 0 amide bonds. The fraction of sp³-hybridized carbons (Fsp3) is 0.125. The molecule has 1 heterocycles. The van der Waals surface area contributed by atoms with E-state index >= 15 is 0 Å². The number of aromatic amines is 1. The van der Waals surface area contributed by atoms with Gasteiger partial charge in [-0.2, -0.15) is 0 Å².